The predicted octanol–water partition coefficient (Wildman–Crippen LogP) is 4.46. The summed E-state index contributed by atoms with van der Waals surface area (Å²) in [4.78, 5) is 15.3. The largest absolute Gasteiger partial charge is 0.497 e. The van der Waals surface area contributed by atoms with Crippen molar-refractivity contribution >= 4 is 5.91 Å². The van der Waals surface area contributed by atoms with Crippen LogP contribution >= 0.6 is 0 Å². The number of rotatable bonds is 11. The molecule has 2 heterocycles. The van der Waals surface area contributed by atoms with Gasteiger partial charge in [-0.25, -0.2) is 0 Å². The first kappa shape index (κ1) is 23.6. The lowest BCUT2D eigenvalue weighted by Gasteiger charge is -2.27. The number of amides is 1. The first-order chi connectivity index (χ1) is 16.6. The van der Waals surface area contributed by atoms with E-state index in [1.54, 1.807) is 14.2 Å². The number of carbonyl (C=O) groups excluding carboxylic acids is 1. The maximum atomic E-state index is 13.4. The van der Waals surface area contributed by atoms with Crippen LogP contribution in [0.3, 0.4) is 0 Å². The van der Waals surface area contributed by atoms with Crippen LogP contribution in [0.15, 0.2) is 42.5 Å². The monoisotopic (exact) mass is 465 g/mol. The molecule has 0 aliphatic carbocycles. The van der Waals surface area contributed by atoms with E-state index in [1.165, 1.54) is 0 Å². The summed E-state index contributed by atoms with van der Waals surface area (Å²) < 4.78 is 22.2. The molecule has 0 saturated heterocycles. The Bertz CT molecular complexity index is 1130. The van der Waals surface area contributed by atoms with Crippen molar-refractivity contribution in [2.24, 2.45) is 0 Å². The number of nitrogens with one attached hydrogen (secondary N) is 1. The zero-order chi connectivity index (χ0) is 24.1. The van der Waals surface area contributed by atoms with Gasteiger partial charge in [-0.2, -0.15) is 5.10 Å². The van der Waals surface area contributed by atoms with Gasteiger partial charge in [0.15, 0.2) is 11.5 Å². The number of ether oxygens (including phenoxy) is 4. The molecule has 0 spiro atoms. The van der Waals surface area contributed by atoms with Crippen molar-refractivity contribution < 1.29 is 23.7 Å². The van der Waals surface area contributed by atoms with Crippen LogP contribution in [0.1, 0.15) is 47.9 Å². The normalized spacial score (nSPS) is 14.9. The summed E-state index contributed by atoms with van der Waals surface area (Å²) >= 11 is 0. The van der Waals surface area contributed by atoms with Crippen molar-refractivity contribution in [3.63, 3.8) is 0 Å². The molecule has 1 aromatic heterocycles. The highest BCUT2D eigenvalue weighted by Gasteiger charge is 2.42. The minimum atomic E-state index is -0.315. The number of nitrogens with zero attached hydrogens (tertiary/aromatic N) is 2. The van der Waals surface area contributed by atoms with Gasteiger partial charge < -0.3 is 23.8 Å². The summed E-state index contributed by atoms with van der Waals surface area (Å²) in [5.41, 5.74) is 3.97. The van der Waals surface area contributed by atoms with Crippen LogP contribution < -0.4 is 14.2 Å². The second kappa shape index (κ2) is 10.6. The van der Waals surface area contributed by atoms with E-state index < -0.39 is 0 Å². The summed E-state index contributed by atoms with van der Waals surface area (Å²) in [5, 5.41) is 7.53. The average Bonchev–Trinajstić information content (AvgIpc) is 3.40. The van der Waals surface area contributed by atoms with Crippen LogP contribution in [0.2, 0.25) is 0 Å². The lowest BCUT2D eigenvalue weighted by molar-refractivity contribution is 0.0723. The van der Waals surface area contributed by atoms with Gasteiger partial charge in [-0.3, -0.25) is 9.89 Å². The molecule has 0 radical (unpaired) electrons. The molecule has 8 heteroatoms. The molecule has 4 rings (SSSR count). The van der Waals surface area contributed by atoms with Gasteiger partial charge in [0.2, 0.25) is 0 Å². The maximum absolute atomic E-state index is 13.4. The Morgan fingerprint density at radius 1 is 1.00 bits per heavy atom. The minimum Gasteiger partial charge on any atom is -0.497 e. The number of methoxy groups -OCH3 is 2. The van der Waals surface area contributed by atoms with Crippen LogP contribution in [0, 0.1) is 0 Å². The third kappa shape index (κ3) is 4.46. The fourth-order valence-electron chi connectivity index (χ4n) is 4.36. The van der Waals surface area contributed by atoms with E-state index in [1.807, 2.05) is 61.2 Å². The molecule has 0 saturated carbocycles. The standard InChI is InChI=1S/C26H31N3O5/c1-5-33-20-13-10-18(16-21(20)34-6-2)25-22-23(17-8-11-19(32-4)12-9-17)27-28-24(22)26(30)29(25)14-7-15-31-3/h8-13,16,25H,5-7,14-15H2,1-4H3,(H,27,28). The second-order valence-corrected chi connectivity index (χ2v) is 7.91. The molecule has 1 amide bonds. The van der Waals surface area contributed by atoms with Gasteiger partial charge in [-0.05, 0) is 62.2 Å². The molecule has 1 N–H and O–H groups in total. The minimum absolute atomic E-state index is 0.0739. The zero-order valence-electron chi connectivity index (χ0n) is 20.1. The highest BCUT2D eigenvalue weighted by atomic mass is 16.5. The Labute approximate surface area is 199 Å². The van der Waals surface area contributed by atoms with Gasteiger partial charge in [0, 0.05) is 31.4 Å². The van der Waals surface area contributed by atoms with Crippen molar-refractivity contribution in [1.82, 2.24) is 15.1 Å². The van der Waals surface area contributed by atoms with Crippen LogP contribution in [0.25, 0.3) is 11.3 Å². The molecule has 180 valence electrons. The van der Waals surface area contributed by atoms with Crippen molar-refractivity contribution in [3.05, 3.63) is 59.3 Å². The SMILES string of the molecule is CCOc1ccc(C2c3c(-c4ccc(OC)cc4)n[nH]c3C(=O)N2CCCOC)cc1OCC. The molecular formula is C26H31N3O5. The molecule has 3 aromatic rings. The number of hydrogen-bond donors (Lipinski definition) is 1. The molecule has 34 heavy (non-hydrogen) atoms. The number of benzene rings is 2. The molecule has 2 aromatic carbocycles. The van der Waals surface area contributed by atoms with Crippen LogP contribution in [0.5, 0.6) is 17.2 Å². The van der Waals surface area contributed by atoms with Gasteiger partial charge in [0.25, 0.3) is 5.91 Å². The van der Waals surface area contributed by atoms with E-state index in [-0.39, 0.29) is 11.9 Å². The highest BCUT2D eigenvalue weighted by molar-refractivity contribution is 6.00. The number of fused-ring (bicyclic) bond motifs is 1. The fourth-order valence-corrected chi connectivity index (χ4v) is 4.36. The third-order valence-electron chi connectivity index (χ3n) is 5.86. The number of hydrogen-bond acceptors (Lipinski definition) is 6. The average molecular weight is 466 g/mol. The number of carbonyl (C=O) groups is 1. The Balaban J connectivity index is 1.81. The maximum Gasteiger partial charge on any atom is 0.273 e. The van der Waals surface area contributed by atoms with Gasteiger partial charge in [-0.15, -0.1) is 0 Å². The molecule has 1 unspecified atom stereocenters. The lowest BCUT2D eigenvalue weighted by Crippen LogP contribution is -2.31. The first-order valence-electron chi connectivity index (χ1n) is 11.5. The Morgan fingerprint density at radius 3 is 2.41 bits per heavy atom. The second-order valence-electron chi connectivity index (χ2n) is 7.91. The van der Waals surface area contributed by atoms with E-state index in [9.17, 15) is 4.79 Å². The quantitative estimate of drug-likeness (QED) is 0.421. The van der Waals surface area contributed by atoms with Gasteiger partial charge in [0.1, 0.15) is 11.4 Å². The highest BCUT2D eigenvalue weighted by Crippen LogP contribution is 2.44. The smallest absolute Gasteiger partial charge is 0.273 e. The van der Waals surface area contributed by atoms with Gasteiger partial charge in [-0.1, -0.05) is 6.07 Å². The number of aromatic nitrogens is 2. The van der Waals surface area contributed by atoms with Crippen LogP contribution in [-0.4, -0.2) is 61.6 Å². The van der Waals surface area contributed by atoms with E-state index in [0.717, 1.165) is 34.6 Å². The van der Waals surface area contributed by atoms with Gasteiger partial charge in [0.05, 0.1) is 32.1 Å². The first-order valence-corrected chi connectivity index (χ1v) is 11.5. The van der Waals surface area contributed by atoms with Crippen molar-refractivity contribution in [1.29, 1.82) is 0 Å². The van der Waals surface area contributed by atoms with E-state index in [4.69, 9.17) is 18.9 Å². The van der Waals surface area contributed by atoms with E-state index in [2.05, 4.69) is 10.2 Å². The van der Waals surface area contributed by atoms with Crippen LogP contribution in [-0.2, 0) is 4.74 Å². The third-order valence-corrected chi connectivity index (χ3v) is 5.86. The molecule has 1 aliphatic heterocycles. The topological polar surface area (TPSA) is 85.9 Å². The Kier molecular flexibility index (Phi) is 7.37. The van der Waals surface area contributed by atoms with Crippen molar-refractivity contribution in [3.8, 4) is 28.5 Å². The fraction of sp³-hybridized carbons (Fsp3) is 0.385. The van der Waals surface area contributed by atoms with Gasteiger partial charge >= 0.3 is 0 Å². The number of aromatic amines is 1. The molecule has 1 atom stereocenters. The van der Waals surface area contributed by atoms with Crippen LogP contribution in [0.4, 0.5) is 0 Å². The predicted molar refractivity (Wildman–Crippen MR) is 129 cm³/mol. The molecule has 0 bridgehead atoms. The lowest BCUT2D eigenvalue weighted by atomic mass is 9.95. The summed E-state index contributed by atoms with van der Waals surface area (Å²) in [6.45, 7) is 6.06. The summed E-state index contributed by atoms with van der Waals surface area (Å²) in [7, 11) is 3.30. The molecule has 1 aliphatic rings. The summed E-state index contributed by atoms with van der Waals surface area (Å²) in [6, 6.07) is 13.2. The zero-order valence-corrected chi connectivity index (χ0v) is 20.1. The molecule has 0 fully saturated rings. The van der Waals surface area contributed by atoms with E-state index in [0.29, 0.717) is 43.6 Å². The van der Waals surface area contributed by atoms with Crippen molar-refractivity contribution in [2.45, 2.75) is 26.3 Å². The molecular weight excluding hydrogens is 434 g/mol. The Hall–Kier alpha value is -3.52. The van der Waals surface area contributed by atoms with E-state index >= 15 is 0 Å². The number of H-pyrrole nitrogens is 1. The summed E-state index contributed by atoms with van der Waals surface area (Å²) in [6.07, 6.45) is 0.726. The summed E-state index contributed by atoms with van der Waals surface area (Å²) in [5.74, 6) is 2.04. The Morgan fingerprint density at radius 2 is 1.74 bits per heavy atom. The van der Waals surface area contributed by atoms with Crippen molar-refractivity contribution in [2.75, 3.05) is 40.6 Å². The molecule has 8 nitrogen and oxygen atoms in total.